The van der Waals surface area contributed by atoms with Gasteiger partial charge in [-0.3, -0.25) is 5.26 Å². The van der Waals surface area contributed by atoms with Crippen molar-refractivity contribution in [2.24, 2.45) is 0 Å². The molecule has 1 aromatic carbocycles. The van der Waals surface area contributed by atoms with E-state index in [9.17, 15) is 9.90 Å². The Morgan fingerprint density at radius 2 is 2.12 bits per heavy atom. The van der Waals surface area contributed by atoms with Crippen LogP contribution in [-0.4, -0.2) is 29.2 Å². The van der Waals surface area contributed by atoms with Crippen LogP contribution in [0.2, 0.25) is 0 Å². The molecule has 0 unspecified atom stereocenters. The molecule has 0 amide bonds. The van der Waals surface area contributed by atoms with E-state index in [1.165, 1.54) is 6.07 Å². The number of aryl methyl sites for hydroxylation is 1. The van der Waals surface area contributed by atoms with Gasteiger partial charge in [-0.25, -0.2) is 9.68 Å². The molecule has 0 aliphatic carbocycles. The summed E-state index contributed by atoms with van der Waals surface area (Å²) in [5.74, 6) is 0.452. The van der Waals surface area contributed by atoms with Crippen molar-refractivity contribution in [3.05, 3.63) is 64.1 Å². The van der Waals surface area contributed by atoms with E-state index >= 15 is 0 Å². The molecular weight excluding hydrogens is 336 g/mol. The lowest BCUT2D eigenvalue weighted by Crippen LogP contribution is -2.18. The Hall–Kier alpha value is -2.41. The highest BCUT2D eigenvalue weighted by Gasteiger charge is 2.13. The maximum absolute atomic E-state index is 11.7. The summed E-state index contributed by atoms with van der Waals surface area (Å²) in [6.45, 7) is 5.42. The maximum atomic E-state index is 11.7. The van der Waals surface area contributed by atoms with Crippen molar-refractivity contribution in [3.63, 3.8) is 0 Å². The lowest BCUT2D eigenvalue weighted by atomic mass is 10.1. The number of aliphatic hydroxyl groups excluding tert-OH is 1. The molecule has 6 heteroatoms. The highest BCUT2D eigenvalue weighted by Crippen LogP contribution is 2.27. The van der Waals surface area contributed by atoms with Crippen LogP contribution in [0, 0.1) is 6.92 Å². The van der Waals surface area contributed by atoms with Gasteiger partial charge in [0.25, 0.3) is 0 Å². The van der Waals surface area contributed by atoms with Gasteiger partial charge in [0.2, 0.25) is 0 Å². The number of ether oxygens (including phenoxy) is 1. The molecule has 0 radical (unpaired) electrons. The number of hydrogen-bond acceptors (Lipinski definition) is 6. The van der Waals surface area contributed by atoms with Crippen molar-refractivity contribution in [2.75, 3.05) is 13.2 Å². The number of benzene rings is 1. The van der Waals surface area contributed by atoms with Gasteiger partial charge >= 0.3 is 5.63 Å². The third-order valence-corrected chi connectivity index (χ3v) is 3.89. The monoisotopic (exact) mass is 360 g/mol. The van der Waals surface area contributed by atoms with Gasteiger partial charge in [0.05, 0.1) is 18.1 Å². The first-order valence-electron chi connectivity index (χ1n) is 8.31. The van der Waals surface area contributed by atoms with Crippen molar-refractivity contribution in [3.8, 4) is 5.75 Å². The van der Waals surface area contributed by atoms with Crippen LogP contribution in [0.25, 0.3) is 11.0 Å². The fourth-order valence-electron chi connectivity index (χ4n) is 2.46. The molecule has 1 aromatic heterocycles. The van der Waals surface area contributed by atoms with Gasteiger partial charge in [0.1, 0.15) is 23.5 Å². The third kappa shape index (κ3) is 5.29. The van der Waals surface area contributed by atoms with Crippen LogP contribution >= 0.6 is 0 Å². The number of aliphatic hydroxyl groups is 1. The van der Waals surface area contributed by atoms with Crippen molar-refractivity contribution in [2.45, 2.75) is 32.8 Å². The molecule has 6 nitrogen and oxygen atoms in total. The molecular formula is C20H24O6. The summed E-state index contributed by atoms with van der Waals surface area (Å²) in [5, 5.41) is 19.0. The number of rotatable bonds is 8. The molecule has 0 spiro atoms. The topological polar surface area (TPSA) is 89.1 Å². The highest BCUT2D eigenvalue weighted by molar-refractivity contribution is 5.86. The molecule has 0 saturated heterocycles. The predicted molar refractivity (Wildman–Crippen MR) is 99.4 cm³/mol. The van der Waals surface area contributed by atoms with E-state index in [0.717, 1.165) is 16.5 Å². The van der Waals surface area contributed by atoms with Crippen molar-refractivity contribution in [1.29, 1.82) is 0 Å². The molecule has 1 heterocycles. The first-order valence-corrected chi connectivity index (χ1v) is 8.31. The fraction of sp³-hybridized carbons (Fsp3) is 0.350. The zero-order chi connectivity index (χ0) is 19.2. The zero-order valence-electron chi connectivity index (χ0n) is 15.2. The zero-order valence-corrected chi connectivity index (χ0v) is 15.2. The largest absolute Gasteiger partial charge is 0.488 e. The smallest absolute Gasteiger partial charge is 0.339 e. The Labute approximate surface area is 151 Å². The molecule has 2 aromatic rings. The minimum Gasteiger partial charge on any atom is -0.488 e. The normalized spacial score (nSPS) is 12.9. The Morgan fingerprint density at radius 1 is 1.35 bits per heavy atom. The van der Waals surface area contributed by atoms with Gasteiger partial charge in [-0.1, -0.05) is 24.3 Å². The molecule has 140 valence electrons. The number of hydrogen-bond donors (Lipinski definition) is 2. The Bertz CT molecular complexity index is 860. The molecule has 26 heavy (non-hydrogen) atoms. The van der Waals surface area contributed by atoms with Crippen LogP contribution < -0.4 is 10.4 Å². The van der Waals surface area contributed by atoms with Crippen molar-refractivity contribution in [1.82, 2.24) is 0 Å². The highest BCUT2D eigenvalue weighted by atomic mass is 17.1. The van der Waals surface area contributed by atoms with E-state index in [2.05, 4.69) is 4.89 Å². The average Bonchev–Trinajstić information content (AvgIpc) is 2.60. The van der Waals surface area contributed by atoms with E-state index in [1.807, 2.05) is 19.1 Å². The average molecular weight is 360 g/mol. The first-order chi connectivity index (χ1) is 12.4. The lowest BCUT2D eigenvalue weighted by Gasteiger charge is -2.14. The quantitative estimate of drug-likeness (QED) is 0.323. The fourth-order valence-corrected chi connectivity index (χ4v) is 2.46. The standard InChI is InChI=1S/C20H24O6/c1-14-6-4-8-16-19(14)17(12-18(22)25-16)24-11-9-15(13-21)7-5-10-20(2,3)26-23/h4-6,8-10,12,21,23H,7,11,13H2,1-3H3/b10-5+,15-9-. The van der Waals surface area contributed by atoms with Crippen LogP contribution in [0.3, 0.4) is 0 Å². The predicted octanol–water partition coefficient (Wildman–Crippen LogP) is 3.61. The van der Waals surface area contributed by atoms with Gasteiger partial charge in [0.15, 0.2) is 0 Å². The van der Waals surface area contributed by atoms with Gasteiger partial charge in [-0.2, -0.15) is 0 Å². The van der Waals surface area contributed by atoms with Gasteiger partial charge in [-0.15, -0.1) is 0 Å². The molecule has 0 aliphatic heterocycles. The molecule has 0 aliphatic rings. The third-order valence-electron chi connectivity index (χ3n) is 3.89. The molecule has 2 rings (SSSR count). The van der Waals surface area contributed by atoms with E-state index < -0.39 is 11.2 Å². The molecule has 0 bridgehead atoms. The van der Waals surface area contributed by atoms with E-state index in [-0.39, 0.29) is 13.2 Å². The second-order valence-corrected chi connectivity index (χ2v) is 6.51. The maximum Gasteiger partial charge on any atom is 0.339 e. The second kappa shape index (κ2) is 8.80. The van der Waals surface area contributed by atoms with E-state index in [4.69, 9.17) is 14.4 Å². The van der Waals surface area contributed by atoms with E-state index in [0.29, 0.717) is 17.8 Å². The summed E-state index contributed by atoms with van der Waals surface area (Å²) < 4.78 is 10.9. The Morgan fingerprint density at radius 3 is 2.81 bits per heavy atom. The molecule has 0 saturated carbocycles. The SMILES string of the molecule is Cc1cccc2oc(=O)cc(OC/C=C(\CO)C/C=C/C(C)(C)OO)c12. The summed E-state index contributed by atoms with van der Waals surface area (Å²) in [4.78, 5) is 16.0. The summed E-state index contributed by atoms with van der Waals surface area (Å²) in [5.41, 5.74) is 0.915. The molecule has 2 N–H and O–H groups in total. The Kier molecular flexibility index (Phi) is 6.74. The summed E-state index contributed by atoms with van der Waals surface area (Å²) in [7, 11) is 0. The second-order valence-electron chi connectivity index (χ2n) is 6.51. The number of fused-ring (bicyclic) bond motifs is 1. The van der Waals surface area contributed by atoms with Crippen LogP contribution in [0.15, 0.2) is 57.3 Å². The van der Waals surface area contributed by atoms with Crippen molar-refractivity contribution >= 4 is 11.0 Å². The van der Waals surface area contributed by atoms with E-state index in [1.54, 1.807) is 38.1 Å². The summed E-state index contributed by atoms with van der Waals surface area (Å²) in [6.07, 6.45) is 5.75. The van der Waals surface area contributed by atoms with Crippen LogP contribution in [-0.2, 0) is 4.89 Å². The van der Waals surface area contributed by atoms with Crippen molar-refractivity contribution < 1.29 is 24.4 Å². The Balaban J connectivity index is 2.11. The van der Waals surface area contributed by atoms with Crippen LogP contribution in [0.5, 0.6) is 5.75 Å². The summed E-state index contributed by atoms with van der Waals surface area (Å²) in [6, 6.07) is 6.78. The van der Waals surface area contributed by atoms with Crippen LogP contribution in [0.4, 0.5) is 0 Å². The van der Waals surface area contributed by atoms with Gasteiger partial charge < -0.3 is 14.3 Å². The first kappa shape index (κ1) is 19.9. The molecule has 0 fully saturated rings. The lowest BCUT2D eigenvalue weighted by molar-refractivity contribution is -0.297. The minimum atomic E-state index is -0.786. The minimum absolute atomic E-state index is 0.120. The van der Waals surface area contributed by atoms with Gasteiger partial charge in [0, 0.05) is 0 Å². The van der Waals surface area contributed by atoms with Gasteiger partial charge in [-0.05, 0) is 50.5 Å². The summed E-state index contributed by atoms with van der Waals surface area (Å²) >= 11 is 0. The van der Waals surface area contributed by atoms with Crippen LogP contribution in [0.1, 0.15) is 25.8 Å². The molecule has 0 atom stereocenters. The number of allylic oxidation sites excluding steroid dienone is 1.